The molecule has 0 fully saturated rings. The molecule has 0 aliphatic heterocycles. The minimum absolute atomic E-state index is 0.0701. The van der Waals surface area contributed by atoms with Gasteiger partial charge in [0.1, 0.15) is 11.5 Å². The number of carboxylic acids is 1. The number of carboxylic acid groups (broad SMARTS) is 1. The van der Waals surface area contributed by atoms with E-state index in [-0.39, 0.29) is 12.8 Å². The summed E-state index contributed by atoms with van der Waals surface area (Å²) < 4.78 is 10.3. The van der Waals surface area contributed by atoms with Crippen LogP contribution in [0.1, 0.15) is 31.4 Å². The lowest BCUT2D eigenvalue weighted by Gasteiger charge is -2.18. The third kappa shape index (κ3) is 5.39. The van der Waals surface area contributed by atoms with E-state index in [1.54, 1.807) is 18.2 Å². The summed E-state index contributed by atoms with van der Waals surface area (Å²) in [6.07, 6.45) is -2.22. The second-order valence-electron chi connectivity index (χ2n) is 5.29. The molecule has 0 saturated heterocycles. The Morgan fingerprint density at radius 3 is 2.38 bits per heavy atom. The van der Waals surface area contributed by atoms with Crippen LogP contribution < -0.4 is 14.8 Å². The highest BCUT2D eigenvalue weighted by atomic mass is 16.5. The number of aliphatic hydroxyl groups excluding tert-OH is 2. The summed E-state index contributed by atoms with van der Waals surface area (Å²) in [6.45, 7) is 1.27. The summed E-state index contributed by atoms with van der Waals surface area (Å²) in [5, 5.41) is 30.7. The second-order valence-corrected chi connectivity index (χ2v) is 5.29. The van der Waals surface area contributed by atoms with Gasteiger partial charge >= 0.3 is 5.97 Å². The average molecular weight is 341 g/mol. The molecular formula is C16H23NO7. The molecule has 0 heterocycles. The first-order valence-corrected chi connectivity index (χ1v) is 7.40. The van der Waals surface area contributed by atoms with E-state index in [2.05, 4.69) is 5.32 Å². The molecule has 24 heavy (non-hydrogen) atoms. The zero-order valence-electron chi connectivity index (χ0n) is 13.9. The van der Waals surface area contributed by atoms with Gasteiger partial charge in [0, 0.05) is 18.1 Å². The first kappa shape index (κ1) is 19.7. The van der Waals surface area contributed by atoms with E-state index in [1.807, 2.05) is 0 Å². The Hall–Kier alpha value is -2.32. The van der Waals surface area contributed by atoms with Crippen molar-refractivity contribution in [1.29, 1.82) is 0 Å². The predicted octanol–water partition coefficient (Wildman–Crippen LogP) is 0.468. The van der Waals surface area contributed by atoms with Gasteiger partial charge < -0.3 is 30.1 Å². The minimum atomic E-state index is -1.38. The SMILES string of the molecule is COc1ccc(C(O)CCC(=O)NC(C(=O)O)C(C)O)c(OC)c1. The molecule has 1 aromatic carbocycles. The van der Waals surface area contributed by atoms with Crippen molar-refractivity contribution >= 4 is 11.9 Å². The van der Waals surface area contributed by atoms with Crippen LogP contribution in [0.5, 0.6) is 11.5 Å². The first-order chi connectivity index (χ1) is 11.3. The fourth-order valence-corrected chi connectivity index (χ4v) is 2.15. The van der Waals surface area contributed by atoms with Crippen LogP contribution in [0.3, 0.4) is 0 Å². The highest BCUT2D eigenvalue weighted by Crippen LogP contribution is 2.31. The van der Waals surface area contributed by atoms with Gasteiger partial charge in [-0.3, -0.25) is 4.79 Å². The van der Waals surface area contributed by atoms with Crippen LogP contribution in [-0.2, 0) is 9.59 Å². The summed E-state index contributed by atoms with van der Waals surface area (Å²) >= 11 is 0. The molecule has 134 valence electrons. The van der Waals surface area contributed by atoms with Gasteiger partial charge in [0.15, 0.2) is 6.04 Å². The van der Waals surface area contributed by atoms with E-state index >= 15 is 0 Å². The molecule has 0 radical (unpaired) electrons. The Bertz CT molecular complexity index is 574. The quantitative estimate of drug-likeness (QED) is 0.514. The summed E-state index contributed by atoms with van der Waals surface area (Å²) in [5.41, 5.74) is 0.497. The third-order valence-corrected chi connectivity index (χ3v) is 3.51. The summed E-state index contributed by atoms with van der Waals surface area (Å²) in [6, 6.07) is 3.53. The van der Waals surface area contributed by atoms with Gasteiger partial charge in [0.05, 0.1) is 26.4 Å². The highest BCUT2D eigenvalue weighted by Gasteiger charge is 2.25. The maximum absolute atomic E-state index is 11.8. The molecule has 3 unspecified atom stereocenters. The molecule has 0 bridgehead atoms. The number of rotatable bonds is 9. The Labute approximate surface area is 140 Å². The molecule has 8 heteroatoms. The molecular weight excluding hydrogens is 318 g/mol. The molecule has 8 nitrogen and oxygen atoms in total. The van der Waals surface area contributed by atoms with Crippen molar-refractivity contribution < 1.29 is 34.4 Å². The lowest BCUT2D eigenvalue weighted by atomic mass is 10.0. The number of carbonyl (C=O) groups excluding carboxylic acids is 1. The van der Waals surface area contributed by atoms with Crippen LogP contribution in [-0.4, -0.2) is 53.6 Å². The van der Waals surface area contributed by atoms with E-state index in [1.165, 1.54) is 21.1 Å². The average Bonchev–Trinajstić information content (AvgIpc) is 2.56. The van der Waals surface area contributed by atoms with Gasteiger partial charge in [0.2, 0.25) is 5.91 Å². The second kappa shape index (κ2) is 9.09. The van der Waals surface area contributed by atoms with Gasteiger partial charge in [-0.05, 0) is 25.5 Å². The summed E-state index contributed by atoms with van der Waals surface area (Å²) in [7, 11) is 2.97. The van der Waals surface area contributed by atoms with Gasteiger partial charge in [-0.25, -0.2) is 4.79 Å². The number of aliphatic hydroxyl groups is 2. The third-order valence-electron chi connectivity index (χ3n) is 3.51. The topological polar surface area (TPSA) is 125 Å². The van der Waals surface area contributed by atoms with Gasteiger partial charge in [-0.2, -0.15) is 0 Å². The Balaban J connectivity index is 2.67. The minimum Gasteiger partial charge on any atom is -0.497 e. The normalized spacial score (nSPS) is 14.4. The van der Waals surface area contributed by atoms with E-state index in [0.29, 0.717) is 17.1 Å². The van der Waals surface area contributed by atoms with Crippen molar-refractivity contribution in [1.82, 2.24) is 5.32 Å². The zero-order chi connectivity index (χ0) is 18.3. The number of hydrogen-bond acceptors (Lipinski definition) is 6. The fraction of sp³-hybridized carbons (Fsp3) is 0.500. The van der Waals surface area contributed by atoms with Crippen molar-refractivity contribution in [3.05, 3.63) is 23.8 Å². The standard InChI is InChI=1S/C16H23NO7/c1-9(18)15(16(21)22)17-14(20)7-6-12(19)11-5-4-10(23-2)8-13(11)24-3/h4-5,8-9,12,15,18-19H,6-7H2,1-3H3,(H,17,20)(H,21,22). The number of methoxy groups -OCH3 is 2. The van der Waals surface area contributed by atoms with E-state index < -0.39 is 30.1 Å². The van der Waals surface area contributed by atoms with Crippen LogP contribution in [0.2, 0.25) is 0 Å². The lowest BCUT2D eigenvalue weighted by Crippen LogP contribution is -2.47. The van der Waals surface area contributed by atoms with Crippen LogP contribution in [0.15, 0.2) is 18.2 Å². The highest BCUT2D eigenvalue weighted by molar-refractivity contribution is 5.83. The molecule has 0 saturated carbocycles. The van der Waals surface area contributed by atoms with E-state index in [4.69, 9.17) is 14.6 Å². The molecule has 0 aliphatic carbocycles. The summed E-state index contributed by atoms with van der Waals surface area (Å²) in [5.74, 6) is -0.901. The smallest absolute Gasteiger partial charge is 0.328 e. The molecule has 3 atom stereocenters. The molecule has 4 N–H and O–H groups in total. The molecule has 1 amide bonds. The predicted molar refractivity (Wildman–Crippen MR) is 85.0 cm³/mol. The fourth-order valence-electron chi connectivity index (χ4n) is 2.15. The monoisotopic (exact) mass is 341 g/mol. The Morgan fingerprint density at radius 2 is 1.88 bits per heavy atom. The number of carbonyl (C=O) groups is 2. The van der Waals surface area contributed by atoms with Crippen molar-refractivity contribution in [2.75, 3.05) is 14.2 Å². The first-order valence-electron chi connectivity index (χ1n) is 7.40. The van der Waals surface area contributed by atoms with Crippen LogP contribution in [0.4, 0.5) is 0 Å². The largest absolute Gasteiger partial charge is 0.497 e. The number of amides is 1. The van der Waals surface area contributed by atoms with Crippen LogP contribution >= 0.6 is 0 Å². The van der Waals surface area contributed by atoms with Gasteiger partial charge in [-0.15, -0.1) is 0 Å². The van der Waals surface area contributed by atoms with E-state index in [0.717, 1.165) is 0 Å². The molecule has 1 aromatic rings. The number of nitrogens with one attached hydrogen (secondary N) is 1. The van der Waals surface area contributed by atoms with Gasteiger partial charge in [0.25, 0.3) is 0 Å². The molecule has 1 rings (SSSR count). The molecule has 0 aliphatic rings. The maximum atomic E-state index is 11.8. The van der Waals surface area contributed by atoms with E-state index in [9.17, 15) is 19.8 Å². The number of aliphatic carboxylic acids is 1. The zero-order valence-corrected chi connectivity index (χ0v) is 13.9. The molecule has 0 spiro atoms. The van der Waals surface area contributed by atoms with Gasteiger partial charge in [-0.1, -0.05) is 0 Å². The van der Waals surface area contributed by atoms with Crippen molar-refractivity contribution in [3.8, 4) is 11.5 Å². The van der Waals surface area contributed by atoms with Crippen molar-refractivity contribution in [2.45, 2.75) is 38.0 Å². The van der Waals surface area contributed by atoms with Crippen LogP contribution in [0, 0.1) is 0 Å². The number of benzene rings is 1. The maximum Gasteiger partial charge on any atom is 0.328 e. The summed E-state index contributed by atoms with van der Waals surface area (Å²) in [4.78, 5) is 22.7. The van der Waals surface area contributed by atoms with Crippen molar-refractivity contribution in [3.63, 3.8) is 0 Å². The lowest BCUT2D eigenvalue weighted by molar-refractivity contribution is -0.144. The van der Waals surface area contributed by atoms with Crippen molar-refractivity contribution in [2.24, 2.45) is 0 Å². The Morgan fingerprint density at radius 1 is 1.21 bits per heavy atom. The number of ether oxygens (including phenoxy) is 2. The van der Waals surface area contributed by atoms with Crippen LogP contribution in [0.25, 0.3) is 0 Å². The number of hydrogen-bond donors (Lipinski definition) is 4. The molecule has 0 aromatic heterocycles. The Kier molecular flexibility index (Phi) is 7.47.